The summed E-state index contributed by atoms with van der Waals surface area (Å²) in [6, 6.07) is 11.8. The number of hydrogen-bond acceptors (Lipinski definition) is 7. The van der Waals surface area contributed by atoms with Crippen molar-refractivity contribution in [2.75, 3.05) is 13.1 Å². The number of nitrogens with zero attached hydrogens (tertiary/aromatic N) is 1. The summed E-state index contributed by atoms with van der Waals surface area (Å²) in [5.74, 6) is -3.24. The van der Waals surface area contributed by atoms with Crippen LogP contribution < -0.4 is 33.2 Å². The van der Waals surface area contributed by atoms with E-state index in [-0.39, 0.29) is 31.0 Å². The lowest BCUT2D eigenvalue weighted by atomic mass is 10.0. The second-order valence-electron chi connectivity index (χ2n) is 8.85. The third kappa shape index (κ3) is 11.5. The second kappa shape index (κ2) is 15.6. The van der Waals surface area contributed by atoms with Crippen LogP contribution in [0.3, 0.4) is 0 Å². The van der Waals surface area contributed by atoms with Crippen LogP contribution in [0.1, 0.15) is 24.0 Å². The highest BCUT2D eigenvalue weighted by Gasteiger charge is 2.28. The predicted octanol–water partition coefficient (Wildman–Crippen LogP) is -1.27. The van der Waals surface area contributed by atoms with Gasteiger partial charge in [0.2, 0.25) is 17.7 Å². The van der Waals surface area contributed by atoms with Gasteiger partial charge in [-0.15, -0.1) is 0 Å². The van der Waals surface area contributed by atoms with Crippen molar-refractivity contribution >= 4 is 29.7 Å². The lowest BCUT2D eigenvalue weighted by Crippen LogP contribution is -2.57. The maximum absolute atomic E-state index is 13.4. The highest BCUT2D eigenvalue weighted by molar-refractivity contribution is 5.94. The lowest BCUT2D eigenvalue weighted by molar-refractivity contribution is -0.138. The van der Waals surface area contributed by atoms with Crippen LogP contribution in [0.25, 0.3) is 0 Å². The number of benzene rings is 2. The van der Waals surface area contributed by atoms with E-state index in [2.05, 4.69) is 20.9 Å². The molecule has 0 radical (unpaired) electrons. The minimum atomic E-state index is -1.25. The third-order valence-corrected chi connectivity index (χ3v) is 5.64. The molecule has 13 nitrogen and oxygen atoms in total. The lowest BCUT2D eigenvalue weighted by Gasteiger charge is -2.24. The number of hydrogen-bond donors (Lipinski definition) is 8. The van der Waals surface area contributed by atoms with Crippen LogP contribution in [0.4, 0.5) is 0 Å². The zero-order chi connectivity index (χ0) is 28.8. The molecule has 0 spiro atoms. The molecule has 0 bridgehead atoms. The number of guanidine groups is 1. The third-order valence-electron chi connectivity index (χ3n) is 5.64. The van der Waals surface area contributed by atoms with Gasteiger partial charge in [-0.05, 0) is 36.1 Å². The van der Waals surface area contributed by atoms with Crippen molar-refractivity contribution in [3.05, 3.63) is 65.7 Å². The van der Waals surface area contributed by atoms with Gasteiger partial charge in [0.15, 0.2) is 5.96 Å². The van der Waals surface area contributed by atoms with Crippen LogP contribution in [-0.4, -0.2) is 71.1 Å². The minimum Gasteiger partial charge on any atom is -0.508 e. The number of carbonyl (C=O) groups is 4. The van der Waals surface area contributed by atoms with Crippen molar-refractivity contribution in [3.63, 3.8) is 0 Å². The molecule has 0 saturated carbocycles. The molecule has 210 valence electrons. The van der Waals surface area contributed by atoms with Gasteiger partial charge < -0.3 is 43.4 Å². The van der Waals surface area contributed by atoms with E-state index in [1.807, 2.05) is 6.07 Å². The van der Waals surface area contributed by atoms with Gasteiger partial charge in [0, 0.05) is 19.4 Å². The summed E-state index contributed by atoms with van der Waals surface area (Å²) in [6.45, 7) is -0.346. The van der Waals surface area contributed by atoms with E-state index in [4.69, 9.17) is 22.3 Å². The van der Waals surface area contributed by atoms with Gasteiger partial charge in [-0.25, -0.2) is 0 Å². The second-order valence-corrected chi connectivity index (χ2v) is 8.85. The number of nitrogens with two attached hydrogens (primary N) is 3. The monoisotopic (exact) mass is 541 g/mol. The Morgan fingerprint density at radius 1 is 0.821 bits per heavy atom. The Kier molecular flexibility index (Phi) is 12.2. The largest absolute Gasteiger partial charge is 0.508 e. The highest BCUT2D eigenvalue weighted by Crippen LogP contribution is 2.12. The number of amides is 3. The molecule has 2 aromatic carbocycles. The molecule has 11 N–H and O–H groups in total. The molecular formula is C26H35N7O6. The van der Waals surface area contributed by atoms with Crippen molar-refractivity contribution in [1.82, 2.24) is 16.0 Å². The number of carbonyl (C=O) groups excluding carboxylic acids is 3. The Morgan fingerprint density at radius 2 is 1.38 bits per heavy atom. The molecular weight excluding hydrogens is 506 g/mol. The molecule has 2 aromatic rings. The molecule has 0 heterocycles. The van der Waals surface area contributed by atoms with Crippen molar-refractivity contribution in [2.24, 2.45) is 22.2 Å². The highest BCUT2D eigenvalue weighted by atomic mass is 16.4. The number of phenolic OH excluding ortho intramolecular Hbond substituents is 1. The number of carboxylic acid groups (broad SMARTS) is 1. The Morgan fingerprint density at radius 3 is 1.97 bits per heavy atom. The van der Waals surface area contributed by atoms with E-state index in [1.54, 1.807) is 36.4 Å². The topological polar surface area (TPSA) is 235 Å². The van der Waals surface area contributed by atoms with Gasteiger partial charge in [-0.3, -0.25) is 24.2 Å². The molecule has 3 atom stereocenters. The van der Waals surface area contributed by atoms with Crippen LogP contribution in [0.2, 0.25) is 0 Å². The Bertz CT molecular complexity index is 1140. The molecule has 13 heteroatoms. The molecule has 0 aliphatic heterocycles. The molecule has 0 fully saturated rings. The quantitative estimate of drug-likeness (QED) is 0.0761. The average molecular weight is 542 g/mol. The maximum atomic E-state index is 13.4. The number of nitrogens with one attached hydrogen (secondary N) is 3. The number of phenols is 1. The van der Waals surface area contributed by atoms with Gasteiger partial charge >= 0.3 is 5.97 Å². The summed E-state index contributed by atoms with van der Waals surface area (Å²) in [4.78, 5) is 53.8. The number of aliphatic imine (C=N–C) groups is 1. The number of rotatable bonds is 15. The number of carboxylic acids is 1. The normalized spacial score (nSPS) is 12.8. The van der Waals surface area contributed by atoms with Crippen molar-refractivity contribution in [3.8, 4) is 5.75 Å². The first-order valence-corrected chi connectivity index (χ1v) is 12.3. The summed E-state index contributed by atoms with van der Waals surface area (Å²) in [7, 11) is 0. The minimum absolute atomic E-state index is 0.00772. The smallest absolute Gasteiger partial charge is 0.322 e. The van der Waals surface area contributed by atoms with E-state index in [1.165, 1.54) is 12.1 Å². The zero-order valence-corrected chi connectivity index (χ0v) is 21.4. The van der Waals surface area contributed by atoms with Crippen LogP contribution in [0.5, 0.6) is 5.75 Å². The first-order chi connectivity index (χ1) is 18.5. The SMILES string of the molecule is NC(N)=NCCCC(N)C(=O)NC(Cc1ccccc1)C(=O)NC(Cc1ccc(O)cc1)C(=O)NCC(=O)O. The van der Waals surface area contributed by atoms with E-state index in [9.17, 15) is 24.3 Å². The molecule has 3 unspecified atom stereocenters. The van der Waals surface area contributed by atoms with Crippen molar-refractivity contribution in [2.45, 2.75) is 43.8 Å². The van der Waals surface area contributed by atoms with Crippen LogP contribution in [0, 0.1) is 0 Å². The Labute approximate surface area is 225 Å². The summed E-state index contributed by atoms with van der Waals surface area (Å²) >= 11 is 0. The van der Waals surface area contributed by atoms with Crippen LogP contribution >= 0.6 is 0 Å². The van der Waals surface area contributed by atoms with Crippen molar-refractivity contribution in [1.29, 1.82) is 0 Å². The van der Waals surface area contributed by atoms with Gasteiger partial charge in [0.1, 0.15) is 24.4 Å². The van der Waals surface area contributed by atoms with E-state index >= 15 is 0 Å². The standard InChI is InChI=1S/C26H35N7O6/c27-19(7-4-12-30-26(28)29)23(37)32-21(13-16-5-2-1-3-6-16)25(39)33-20(24(38)31-15-22(35)36)14-17-8-10-18(34)11-9-17/h1-3,5-6,8-11,19-21,34H,4,7,12-15,27H2,(H,31,38)(H,32,37)(H,33,39)(H,35,36)(H4,28,29,30). The van der Waals surface area contributed by atoms with Gasteiger partial charge in [-0.1, -0.05) is 42.5 Å². The molecule has 39 heavy (non-hydrogen) atoms. The maximum Gasteiger partial charge on any atom is 0.322 e. The van der Waals surface area contributed by atoms with Gasteiger partial charge in [0.25, 0.3) is 0 Å². The van der Waals surface area contributed by atoms with E-state index < -0.39 is 48.4 Å². The summed E-state index contributed by atoms with van der Waals surface area (Å²) in [5, 5.41) is 26.0. The Hall–Kier alpha value is -4.65. The first-order valence-electron chi connectivity index (χ1n) is 12.3. The predicted molar refractivity (Wildman–Crippen MR) is 144 cm³/mol. The molecule has 3 amide bonds. The van der Waals surface area contributed by atoms with Crippen molar-refractivity contribution < 1.29 is 29.4 Å². The average Bonchev–Trinajstić information content (AvgIpc) is 2.90. The Balaban J connectivity index is 2.19. The van der Waals surface area contributed by atoms with Crippen LogP contribution in [-0.2, 0) is 32.0 Å². The van der Waals surface area contributed by atoms with E-state index in [0.717, 1.165) is 5.56 Å². The summed E-state index contributed by atoms with van der Waals surface area (Å²) < 4.78 is 0. The molecule has 0 aliphatic carbocycles. The summed E-state index contributed by atoms with van der Waals surface area (Å²) in [5.41, 5.74) is 18.0. The van der Waals surface area contributed by atoms with Gasteiger partial charge in [0.05, 0.1) is 6.04 Å². The van der Waals surface area contributed by atoms with E-state index in [0.29, 0.717) is 18.5 Å². The zero-order valence-electron chi connectivity index (χ0n) is 21.4. The molecule has 0 aliphatic rings. The fourth-order valence-electron chi connectivity index (χ4n) is 3.62. The fraction of sp³-hybridized carbons (Fsp3) is 0.346. The van der Waals surface area contributed by atoms with Gasteiger partial charge in [-0.2, -0.15) is 0 Å². The summed E-state index contributed by atoms with van der Waals surface area (Å²) in [6.07, 6.45) is 0.833. The molecule has 0 saturated heterocycles. The molecule has 0 aromatic heterocycles. The first kappa shape index (κ1) is 30.6. The number of aliphatic carboxylic acids is 1. The number of aromatic hydroxyl groups is 1. The fourth-order valence-corrected chi connectivity index (χ4v) is 3.62. The molecule has 2 rings (SSSR count). The van der Waals surface area contributed by atoms with Crippen LogP contribution in [0.15, 0.2) is 59.6 Å².